The molecule has 0 unspecified atom stereocenters. The summed E-state index contributed by atoms with van der Waals surface area (Å²) in [6.45, 7) is 3.99. The van der Waals surface area contributed by atoms with Gasteiger partial charge < -0.3 is 15.4 Å². The second-order valence-corrected chi connectivity index (χ2v) is 5.41. The van der Waals surface area contributed by atoms with Crippen molar-refractivity contribution in [2.75, 3.05) is 6.54 Å². The molecule has 0 aliphatic heterocycles. The molecule has 6 nitrogen and oxygen atoms in total. The van der Waals surface area contributed by atoms with E-state index in [-0.39, 0.29) is 24.0 Å². The molecule has 0 aliphatic rings. The lowest BCUT2D eigenvalue weighted by molar-refractivity contribution is 0.206. The van der Waals surface area contributed by atoms with Crippen LogP contribution in [0.4, 0.5) is 9.18 Å². The first-order valence-electron chi connectivity index (χ1n) is 7.39. The van der Waals surface area contributed by atoms with Crippen LogP contribution in [0.25, 0.3) is 0 Å². The second-order valence-electron chi connectivity index (χ2n) is 5.41. The van der Waals surface area contributed by atoms with Gasteiger partial charge in [-0.3, -0.25) is 4.68 Å². The number of aryl methyl sites for hydroxylation is 1. The summed E-state index contributed by atoms with van der Waals surface area (Å²) in [5.41, 5.74) is 0.923. The largest absolute Gasteiger partial charge is 0.489 e. The van der Waals surface area contributed by atoms with Crippen molar-refractivity contribution in [1.82, 2.24) is 20.4 Å². The van der Waals surface area contributed by atoms with E-state index in [0.717, 1.165) is 5.56 Å². The van der Waals surface area contributed by atoms with E-state index in [1.165, 1.54) is 12.1 Å². The third-order valence-corrected chi connectivity index (χ3v) is 3.26. The molecule has 0 aliphatic carbocycles. The number of nitrogens with one attached hydrogen (secondary N) is 2. The van der Waals surface area contributed by atoms with Crippen LogP contribution in [0.5, 0.6) is 5.75 Å². The molecule has 2 rings (SSSR count). The highest BCUT2D eigenvalue weighted by atomic mass is 19.1. The number of ether oxygens (including phenoxy) is 1. The van der Waals surface area contributed by atoms with Crippen molar-refractivity contribution >= 4 is 6.03 Å². The van der Waals surface area contributed by atoms with Crippen LogP contribution >= 0.6 is 0 Å². The van der Waals surface area contributed by atoms with Crippen molar-refractivity contribution in [1.29, 1.82) is 0 Å². The van der Waals surface area contributed by atoms with Crippen LogP contribution in [0, 0.1) is 5.82 Å². The molecule has 2 amide bonds. The Morgan fingerprint density at radius 1 is 1.43 bits per heavy atom. The van der Waals surface area contributed by atoms with Crippen molar-refractivity contribution in [3.8, 4) is 5.75 Å². The Morgan fingerprint density at radius 3 is 2.87 bits per heavy atom. The molecule has 0 saturated carbocycles. The van der Waals surface area contributed by atoms with Gasteiger partial charge in [0.2, 0.25) is 0 Å². The first kappa shape index (κ1) is 16.8. The number of nitrogens with zero attached hydrogens (tertiary/aromatic N) is 2. The average molecular weight is 320 g/mol. The zero-order valence-corrected chi connectivity index (χ0v) is 13.4. The average Bonchev–Trinajstić information content (AvgIpc) is 2.92. The van der Waals surface area contributed by atoms with Gasteiger partial charge in [0.25, 0.3) is 0 Å². The van der Waals surface area contributed by atoms with E-state index >= 15 is 0 Å². The molecule has 2 atom stereocenters. The number of carbonyl (C=O) groups excluding carboxylic acids is 1. The van der Waals surface area contributed by atoms with Crippen molar-refractivity contribution in [2.45, 2.75) is 26.0 Å². The number of hydrogen-bond donors (Lipinski definition) is 2. The molecule has 0 fully saturated rings. The van der Waals surface area contributed by atoms with Gasteiger partial charge in [-0.25, -0.2) is 9.18 Å². The van der Waals surface area contributed by atoms with Crippen LogP contribution in [-0.2, 0) is 7.05 Å². The summed E-state index contributed by atoms with van der Waals surface area (Å²) in [6, 6.07) is 5.46. The molecule has 1 heterocycles. The van der Waals surface area contributed by atoms with Gasteiger partial charge in [0.1, 0.15) is 17.7 Å². The maximum Gasteiger partial charge on any atom is 0.315 e. The summed E-state index contributed by atoms with van der Waals surface area (Å²) in [5, 5.41) is 9.62. The lowest BCUT2D eigenvalue weighted by atomic mass is 10.2. The van der Waals surface area contributed by atoms with E-state index in [9.17, 15) is 9.18 Å². The zero-order valence-electron chi connectivity index (χ0n) is 13.4. The van der Waals surface area contributed by atoms with Crippen LogP contribution in [0.3, 0.4) is 0 Å². The fourth-order valence-corrected chi connectivity index (χ4v) is 2.05. The van der Waals surface area contributed by atoms with Crippen LogP contribution in [-0.4, -0.2) is 28.5 Å². The Hall–Kier alpha value is -2.57. The Morgan fingerprint density at radius 2 is 2.22 bits per heavy atom. The Balaban J connectivity index is 1.75. The van der Waals surface area contributed by atoms with Crippen LogP contribution in [0.2, 0.25) is 0 Å². The number of amides is 2. The van der Waals surface area contributed by atoms with E-state index in [2.05, 4.69) is 15.7 Å². The quantitative estimate of drug-likeness (QED) is 0.859. The smallest absolute Gasteiger partial charge is 0.315 e. The number of aromatic nitrogens is 2. The Bertz CT molecular complexity index is 659. The van der Waals surface area contributed by atoms with Gasteiger partial charge in [0.05, 0.1) is 18.8 Å². The van der Waals surface area contributed by atoms with E-state index in [1.807, 2.05) is 20.2 Å². The van der Waals surface area contributed by atoms with Gasteiger partial charge in [-0.2, -0.15) is 5.10 Å². The first-order valence-corrected chi connectivity index (χ1v) is 7.39. The minimum atomic E-state index is -0.356. The van der Waals surface area contributed by atoms with Crippen LogP contribution in [0.15, 0.2) is 36.7 Å². The van der Waals surface area contributed by atoms with Gasteiger partial charge in [-0.05, 0) is 26.0 Å². The molecule has 1 aromatic carbocycles. The van der Waals surface area contributed by atoms with Crippen LogP contribution < -0.4 is 15.4 Å². The van der Waals surface area contributed by atoms with Gasteiger partial charge in [0.15, 0.2) is 0 Å². The van der Waals surface area contributed by atoms with E-state index in [4.69, 9.17) is 4.74 Å². The number of urea groups is 1. The molecular formula is C16H21FN4O2. The first-order chi connectivity index (χ1) is 10.9. The third kappa shape index (κ3) is 5.28. The lowest BCUT2D eigenvalue weighted by Crippen LogP contribution is -2.41. The van der Waals surface area contributed by atoms with Gasteiger partial charge in [0, 0.05) is 24.9 Å². The highest BCUT2D eigenvalue weighted by molar-refractivity contribution is 5.74. The lowest BCUT2D eigenvalue weighted by Gasteiger charge is -2.17. The van der Waals surface area contributed by atoms with Crippen molar-refractivity contribution in [3.05, 3.63) is 48.0 Å². The topological polar surface area (TPSA) is 68.2 Å². The normalized spacial score (nSPS) is 13.2. The van der Waals surface area contributed by atoms with Crippen molar-refractivity contribution in [2.24, 2.45) is 7.05 Å². The fourth-order valence-electron chi connectivity index (χ4n) is 2.05. The Kier molecular flexibility index (Phi) is 5.56. The molecule has 7 heteroatoms. The molecular weight excluding hydrogens is 299 g/mol. The second kappa shape index (κ2) is 7.62. The zero-order chi connectivity index (χ0) is 16.8. The minimum Gasteiger partial charge on any atom is -0.489 e. The number of benzene rings is 1. The predicted molar refractivity (Wildman–Crippen MR) is 84.6 cm³/mol. The summed E-state index contributed by atoms with van der Waals surface area (Å²) >= 11 is 0. The highest BCUT2D eigenvalue weighted by Gasteiger charge is 2.12. The number of carbonyl (C=O) groups is 1. The fraction of sp³-hybridized carbons (Fsp3) is 0.375. The molecule has 0 bridgehead atoms. The summed E-state index contributed by atoms with van der Waals surface area (Å²) < 4.78 is 20.3. The molecule has 23 heavy (non-hydrogen) atoms. The SMILES string of the molecule is C[C@@H](CNC(=O)N[C@H](C)c1cnn(C)c1)Oc1cccc(F)c1. The maximum atomic E-state index is 13.1. The van der Waals surface area contributed by atoms with Crippen LogP contribution in [0.1, 0.15) is 25.5 Å². The van der Waals surface area contributed by atoms with Gasteiger partial charge in [-0.15, -0.1) is 0 Å². The molecule has 1 aromatic heterocycles. The molecule has 0 spiro atoms. The summed E-state index contributed by atoms with van der Waals surface area (Å²) in [4.78, 5) is 11.9. The third-order valence-electron chi connectivity index (χ3n) is 3.26. The van der Waals surface area contributed by atoms with Gasteiger partial charge in [-0.1, -0.05) is 6.07 Å². The van der Waals surface area contributed by atoms with Crippen molar-refractivity contribution < 1.29 is 13.9 Å². The molecule has 2 N–H and O–H groups in total. The number of rotatable bonds is 6. The molecule has 2 aromatic rings. The molecule has 0 radical (unpaired) electrons. The standard InChI is InChI=1S/C16H21FN4O2/c1-11(23-15-6-4-5-14(17)7-15)8-18-16(22)20-12(2)13-9-19-21(3)10-13/h4-7,9-12H,8H2,1-3H3,(H2,18,20,22)/t11-,12+/m0/s1. The van der Waals surface area contributed by atoms with E-state index in [1.54, 1.807) is 29.9 Å². The predicted octanol–water partition coefficient (Wildman–Crippen LogP) is 2.39. The number of hydrogen-bond acceptors (Lipinski definition) is 3. The number of halogens is 1. The summed E-state index contributed by atoms with van der Waals surface area (Å²) in [7, 11) is 1.82. The van der Waals surface area contributed by atoms with Crippen molar-refractivity contribution in [3.63, 3.8) is 0 Å². The molecule has 0 saturated heterocycles. The molecule has 124 valence electrons. The maximum absolute atomic E-state index is 13.1. The van der Waals surface area contributed by atoms with Gasteiger partial charge >= 0.3 is 6.03 Å². The summed E-state index contributed by atoms with van der Waals surface area (Å²) in [6.07, 6.45) is 3.28. The monoisotopic (exact) mass is 320 g/mol. The Labute approximate surface area is 134 Å². The summed E-state index contributed by atoms with van der Waals surface area (Å²) in [5.74, 6) is 0.0779. The van der Waals surface area contributed by atoms with E-state index in [0.29, 0.717) is 12.3 Å². The van der Waals surface area contributed by atoms with E-state index < -0.39 is 0 Å². The minimum absolute atomic E-state index is 0.150. The highest BCUT2D eigenvalue weighted by Crippen LogP contribution is 2.13.